The third-order valence-corrected chi connectivity index (χ3v) is 5.10. The lowest BCUT2D eigenvalue weighted by Gasteiger charge is -2.14. The second kappa shape index (κ2) is 7.87. The van der Waals surface area contributed by atoms with Crippen molar-refractivity contribution in [2.75, 3.05) is 5.32 Å². The van der Waals surface area contributed by atoms with Gasteiger partial charge >= 0.3 is 0 Å². The van der Waals surface area contributed by atoms with E-state index in [1.807, 2.05) is 85.3 Å². The van der Waals surface area contributed by atoms with Crippen LogP contribution in [0.25, 0.3) is 11.4 Å². The lowest BCUT2D eigenvalue weighted by Crippen LogP contribution is -2.15. The number of hydrogen-bond donors (Lipinski definition) is 1. The number of hydrogen-bond acceptors (Lipinski definition) is 3. The highest BCUT2D eigenvalue weighted by Crippen LogP contribution is 2.26. The summed E-state index contributed by atoms with van der Waals surface area (Å²) in [5, 5.41) is 12.3. The molecule has 2 aromatic carbocycles. The summed E-state index contributed by atoms with van der Waals surface area (Å²) in [4.78, 5) is 13.0. The molecule has 0 aliphatic carbocycles. The highest BCUT2D eigenvalue weighted by atomic mass is 16.1. The first-order valence-electron chi connectivity index (χ1n) is 10.3. The molecule has 0 aliphatic rings. The molecule has 0 spiro atoms. The average molecular weight is 414 g/mol. The number of para-hydroxylation sites is 1. The molecule has 6 nitrogen and oxygen atoms in total. The van der Waals surface area contributed by atoms with Crippen molar-refractivity contribution in [3.63, 3.8) is 0 Å². The van der Waals surface area contributed by atoms with E-state index < -0.39 is 0 Å². The Hall–Kier alpha value is -3.67. The van der Waals surface area contributed by atoms with Gasteiger partial charge in [0.1, 0.15) is 5.82 Å². The normalized spacial score (nSPS) is 11.5. The number of amides is 1. The van der Waals surface area contributed by atoms with E-state index in [0.29, 0.717) is 11.4 Å². The molecule has 0 bridgehead atoms. The van der Waals surface area contributed by atoms with E-state index in [4.69, 9.17) is 5.10 Å². The van der Waals surface area contributed by atoms with Crippen LogP contribution in [-0.2, 0) is 5.41 Å². The van der Waals surface area contributed by atoms with Crippen LogP contribution in [0.5, 0.6) is 0 Å². The predicted molar refractivity (Wildman–Crippen MR) is 123 cm³/mol. The third-order valence-electron chi connectivity index (χ3n) is 5.10. The van der Waals surface area contributed by atoms with Crippen molar-refractivity contribution >= 4 is 11.7 Å². The Balaban J connectivity index is 1.62. The zero-order chi connectivity index (χ0) is 22.2. The van der Waals surface area contributed by atoms with Crippen molar-refractivity contribution in [2.45, 2.75) is 40.0 Å². The second-order valence-electron chi connectivity index (χ2n) is 8.75. The molecule has 0 saturated heterocycles. The highest BCUT2D eigenvalue weighted by molar-refractivity contribution is 6.04. The molecule has 0 fully saturated rings. The van der Waals surface area contributed by atoms with Gasteiger partial charge in [-0.3, -0.25) is 4.79 Å². The summed E-state index contributed by atoms with van der Waals surface area (Å²) in [5.74, 6) is 0.459. The molecular weight excluding hydrogens is 386 g/mol. The first kappa shape index (κ1) is 20.6. The number of aromatic nitrogens is 4. The van der Waals surface area contributed by atoms with Crippen molar-refractivity contribution in [2.24, 2.45) is 0 Å². The van der Waals surface area contributed by atoms with Crippen LogP contribution in [0.2, 0.25) is 0 Å². The van der Waals surface area contributed by atoms with Crippen molar-refractivity contribution in [1.29, 1.82) is 0 Å². The van der Waals surface area contributed by atoms with Gasteiger partial charge in [-0.2, -0.15) is 10.2 Å². The third kappa shape index (κ3) is 4.28. The van der Waals surface area contributed by atoms with Crippen molar-refractivity contribution in [3.8, 4) is 11.4 Å². The molecule has 0 unspecified atom stereocenters. The summed E-state index contributed by atoms with van der Waals surface area (Å²) in [6.45, 7) is 10.3. The van der Waals surface area contributed by atoms with Gasteiger partial charge < -0.3 is 5.32 Å². The van der Waals surface area contributed by atoms with Crippen LogP contribution in [0.15, 0.2) is 66.7 Å². The number of nitrogens with zero attached hydrogens (tertiary/aromatic N) is 4. The zero-order valence-corrected chi connectivity index (χ0v) is 18.5. The van der Waals surface area contributed by atoms with E-state index >= 15 is 0 Å². The zero-order valence-electron chi connectivity index (χ0n) is 18.5. The summed E-state index contributed by atoms with van der Waals surface area (Å²) < 4.78 is 3.65. The first-order chi connectivity index (χ1) is 14.7. The van der Waals surface area contributed by atoms with Gasteiger partial charge in [0.2, 0.25) is 0 Å². The van der Waals surface area contributed by atoms with Gasteiger partial charge in [-0.05, 0) is 56.3 Å². The van der Waals surface area contributed by atoms with Gasteiger partial charge in [-0.1, -0.05) is 39.0 Å². The standard InChI is InChI=1S/C25H27N5O/c1-17-15-18(2)29(27-17)21-13-11-19(12-14-21)24(31)26-23-16-22(25(3,4)5)28-30(23)20-9-7-6-8-10-20/h6-16H,1-5H3,(H,26,31). The largest absolute Gasteiger partial charge is 0.306 e. The Morgan fingerprint density at radius 3 is 2.06 bits per heavy atom. The molecule has 158 valence electrons. The van der Waals surface area contributed by atoms with Crippen LogP contribution in [0.3, 0.4) is 0 Å². The van der Waals surface area contributed by atoms with Crippen molar-refractivity contribution in [3.05, 3.63) is 89.4 Å². The average Bonchev–Trinajstić information content (AvgIpc) is 3.31. The number of anilines is 1. The first-order valence-corrected chi connectivity index (χ1v) is 10.3. The van der Waals surface area contributed by atoms with Gasteiger partial charge in [0.05, 0.1) is 22.8 Å². The molecule has 2 heterocycles. The summed E-state index contributed by atoms with van der Waals surface area (Å²) in [7, 11) is 0. The maximum absolute atomic E-state index is 13.0. The molecule has 1 amide bonds. The highest BCUT2D eigenvalue weighted by Gasteiger charge is 2.21. The van der Waals surface area contributed by atoms with Gasteiger partial charge in [0.15, 0.2) is 0 Å². The van der Waals surface area contributed by atoms with Crippen LogP contribution in [-0.4, -0.2) is 25.5 Å². The SMILES string of the molecule is Cc1cc(C)n(-c2ccc(C(=O)Nc3cc(C(C)(C)C)nn3-c3ccccc3)cc2)n1. The van der Waals surface area contributed by atoms with Crippen LogP contribution in [0, 0.1) is 13.8 Å². The molecule has 2 aromatic heterocycles. The van der Waals surface area contributed by atoms with Crippen LogP contribution < -0.4 is 5.32 Å². The van der Waals surface area contributed by atoms with E-state index in [0.717, 1.165) is 28.5 Å². The van der Waals surface area contributed by atoms with Crippen molar-refractivity contribution in [1.82, 2.24) is 19.6 Å². The minimum atomic E-state index is -0.183. The molecule has 0 radical (unpaired) electrons. The lowest BCUT2D eigenvalue weighted by molar-refractivity contribution is 0.102. The quantitative estimate of drug-likeness (QED) is 0.499. The number of aryl methyl sites for hydroxylation is 2. The molecule has 31 heavy (non-hydrogen) atoms. The molecule has 6 heteroatoms. The Bertz CT molecular complexity index is 1210. The summed E-state index contributed by atoms with van der Waals surface area (Å²) in [6, 6.07) is 21.2. The van der Waals surface area contributed by atoms with E-state index in [2.05, 4.69) is 31.2 Å². The molecular formula is C25H27N5O. The van der Waals surface area contributed by atoms with E-state index in [9.17, 15) is 4.79 Å². The number of benzene rings is 2. The van der Waals surface area contributed by atoms with Crippen LogP contribution >= 0.6 is 0 Å². The summed E-state index contributed by atoms with van der Waals surface area (Å²) in [5.41, 5.74) is 5.18. The molecule has 4 aromatic rings. The molecule has 0 atom stereocenters. The molecule has 0 aliphatic heterocycles. The summed E-state index contributed by atoms with van der Waals surface area (Å²) >= 11 is 0. The van der Waals surface area contributed by atoms with Crippen LogP contribution in [0.1, 0.15) is 48.2 Å². The fourth-order valence-corrected chi connectivity index (χ4v) is 3.44. The molecule has 1 N–H and O–H groups in total. The Morgan fingerprint density at radius 2 is 1.48 bits per heavy atom. The van der Waals surface area contributed by atoms with Gasteiger partial charge in [0, 0.05) is 22.7 Å². The van der Waals surface area contributed by atoms with E-state index in [1.165, 1.54) is 0 Å². The summed E-state index contributed by atoms with van der Waals surface area (Å²) in [6.07, 6.45) is 0. The second-order valence-corrected chi connectivity index (χ2v) is 8.75. The number of rotatable bonds is 4. The molecule has 0 saturated carbocycles. The number of carbonyl (C=O) groups excluding carboxylic acids is 1. The minimum Gasteiger partial charge on any atom is -0.306 e. The molecule has 4 rings (SSSR count). The van der Waals surface area contributed by atoms with Crippen LogP contribution in [0.4, 0.5) is 5.82 Å². The van der Waals surface area contributed by atoms with E-state index in [-0.39, 0.29) is 11.3 Å². The van der Waals surface area contributed by atoms with Gasteiger partial charge in [0.25, 0.3) is 5.91 Å². The number of nitrogens with one attached hydrogen (secondary N) is 1. The maximum Gasteiger partial charge on any atom is 0.256 e. The fourth-order valence-electron chi connectivity index (χ4n) is 3.44. The lowest BCUT2D eigenvalue weighted by atomic mass is 9.92. The fraction of sp³-hybridized carbons (Fsp3) is 0.240. The van der Waals surface area contributed by atoms with Crippen molar-refractivity contribution < 1.29 is 4.79 Å². The number of carbonyl (C=O) groups is 1. The van der Waals surface area contributed by atoms with Gasteiger partial charge in [-0.25, -0.2) is 9.36 Å². The Morgan fingerprint density at radius 1 is 0.839 bits per heavy atom. The monoisotopic (exact) mass is 413 g/mol. The van der Waals surface area contributed by atoms with Gasteiger partial charge in [-0.15, -0.1) is 0 Å². The Kier molecular flexibility index (Phi) is 5.23. The topological polar surface area (TPSA) is 64.7 Å². The maximum atomic E-state index is 13.0. The predicted octanol–water partition coefficient (Wildman–Crippen LogP) is 5.22. The van der Waals surface area contributed by atoms with E-state index in [1.54, 1.807) is 4.68 Å². The Labute approximate surface area is 182 Å². The smallest absolute Gasteiger partial charge is 0.256 e. The minimum absolute atomic E-state index is 0.138.